The van der Waals surface area contributed by atoms with Crippen LogP contribution in [0.2, 0.25) is 0 Å². The first kappa shape index (κ1) is 9.86. The molecule has 0 aliphatic heterocycles. The molecule has 4 heteroatoms. The van der Waals surface area contributed by atoms with Crippen molar-refractivity contribution in [2.75, 3.05) is 6.54 Å². The van der Waals surface area contributed by atoms with Crippen molar-refractivity contribution in [1.82, 2.24) is 14.5 Å². The molecule has 0 aromatic carbocycles. The number of aromatic nitrogens is 3. The van der Waals surface area contributed by atoms with Crippen molar-refractivity contribution in [1.29, 1.82) is 0 Å². The SMILES string of the molecule is NCCc1nccn1Cc1ccccn1. The number of nitrogens with two attached hydrogens (primary N) is 1. The first-order chi connectivity index (χ1) is 7.40. The maximum atomic E-state index is 5.51. The molecule has 0 aliphatic carbocycles. The highest BCUT2D eigenvalue weighted by atomic mass is 15.1. The van der Waals surface area contributed by atoms with Gasteiger partial charge >= 0.3 is 0 Å². The predicted octanol–water partition coefficient (Wildman–Crippen LogP) is 0.828. The summed E-state index contributed by atoms with van der Waals surface area (Å²) in [6.45, 7) is 1.38. The molecule has 0 amide bonds. The van der Waals surface area contributed by atoms with Crippen LogP contribution in [0.25, 0.3) is 0 Å². The van der Waals surface area contributed by atoms with Crippen molar-refractivity contribution in [2.45, 2.75) is 13.0 Å². The Morgan fingerprint density at radius 3 is 2.87 bits per heavy atom. The number of nitrogens with zero attached hydrogens (tertiary/aromatic N) is 3. The monoisotopic (exact) mass is 202 g/mol. The fourth-order valence-corrected chi connectivity index (χ4v) is 1.51. The normalized spacial score (nSPS) is 10.5. The number of rotatable bonds is 4. The van der Waals surface area contributed by atoms with E-state index < -0.39 is 0 Å². The first-order valence-electron chi connectivity index (χ1n) is 5.00. The second-order valence-electron chi connectivity index (χ2n) is 3.33. The average Bonchev–Trinajstić information content (AvgIpc) is 2.68. The maximum absolute atomic E-state index is 5.51. The van der Waals surface area contributed by atoms with Crippen molar-refractivity contribution < 1.29 is 0 Å². The molecule has 0 radical (unpaired) electrons. The van der Waals surface area contributed by atoms with Crippen LogP contribution < -0.4 is 5.73 Å². The minimum absolute atomic E-state index is 0.624. The largest absolute Gasteiger partial charge is 0.330 e. The molecular weight excluding hydrogens is 188 g/mol. The summed E-state index contributed by atoms with van der Waals surface area (Å²) in [7, 11) is 0. The molecule has 0 saturated carbocycles. The molecule has 0 fully saturated rings. The van der Waals surface area contributed by atoms with Crippen LogP contribution in [0.1, 0.15) is 11.5 Å². The van der Waals surface area contributed by atoms with E-state index in [1.54, 1.807) is 12.4 Å². The van der Waals surface area contributed by atoms with Crippen LogP contribution in [0.3, 0.4) is 0 Å². The van der Waals surface area contributed by atoms with Crippen molar-refractivity contribution in [3.63, 3.8) is 0 Å². The Kier molecular flexibility index (Phi) is 3.09. The van der Waals surface area contributed by atoms with Crippen molar-refractivity contribution in [3.05, 3.63) is 48.3 Å². The Morgan fingerprint density at radius 1 is 1.20 bits per heavy atom. The van der Waals surface area contributed by atoms with E-state index in [0.29, 0.717) is 6.54 Å². The highest BCUT2D eigenvalue weighted by Gasteiger charge is 2.02. The van der Waals surface area contributed by atoms with Gasteiger partial charge in [0.1, 0.15) is 5.82 Å². The van der Waals surface area contributed by atoms with E-state index in [1.807, 2.05) is 24.4 Å². The van der Waals surface area contributed by atoms with E-state index >= 15 is 0 Å². The molecule has 2 rings (SSSR count). The number of hydrogen-bond donors (Lipinski definition) is 1. The Balaban J connectivity index is 2.14. The number of pyridine rings is 1. The molecular formula is C11H14N4. The molecule has 0 spiro atoms. The van der Waals surface area contributed by atoms with E-state index in [1.165, 1.54) is 0 Å². The van der Waals surface area contributed by atoms with Crippen molar-refractivity contribution >= 4 is 0 Å². The molecule has 0 atom stereocenters. The van der Waals surface area contributed by atoms with Crippen LogP contribution >= 0.6 is 0 Å². The van der Waals surface area contributed by atoms with E-state index in [0.717, 1.165) is 24.5 Å². The molecule has 0 bridgehead atoms. The standard InChI is InChI=1S/C11H14N4/c12-5-4-11-14-7-8-15(11)9-10-3-1-2-6-13-10/h1-3,6-8H,4-5,9,12H2. The van der Waals surface area contributed by atoms with Gasteiger partial charge in [0.05, 0.1) is 12.2 Å². The predicted molar refractivity (Wildman–Crippen MR) is 58.3 cm³/mol. The third-order valence-corrected chi connectivity index (χ3v) is 2.23. The van der Waals surface area contributed by atoms with Gasteiger partial charge in [-0.2, -0.15) is 0 Å². The summed E-state index contributed by atoms with van der Waals surface area (Å²) in [5.41, 5.74) is 6.55. The van der Waals surface area contributed by atoms with Gasteiger partial charge in [0.2, 0.25) is 0 Å². The lowest BCUT2D eigenvalue weighted by molar-refractivity contribution is 0.703. The third-order valence-electron chi connectivity index (χ3n) is 2.23. The molecule has 2 N–H and O–H groups in total. The van der Waals surface area contributed by atoms with Gasteiger partial charge in [-0.05, 0) is 18.7 Å². The van der Waals surface area contributed by atoms with Gasteiger partial charge in [0.25, 0.3) is 0 Å². The lowest BCUT2D eigenvalue weighted by Gasteiger charge is -2.05. The molecule has 0 aliphatic rings. The Bertz CT molecular complexity index is 408. The molecule has 2 heterocycles. The first-order valence-corrected chi connectivity index (χ1v) is 5.00. The topological polar surface area (TPSA) is 56.7 Å². The fourth-order valence-electron chi connectivity index (χ4n) is 1.51. The molecule has 78 valence electrons. The lowest BCUT2D eigenvalue weighted by atomic mass is 10.3. The summed E-state index contributed by atoms with van der Waals surface area (Å²) in [4.78, 5) is 8.53. The molecule has 2 aromatic rings. The zero-order valence-electron chi connectivity index (χ0n) is 8.50. The van der Waals surface area contributed by atoms with Crippen molar-refractivity contribution in [2.24, 2.45) is 5.73 Å². The van der Waals surface area contributed by atoms with E-state index in [-0.39, 0.29) is 0 Å². The zero-order chi connectivity index (χ0) is 10.5. The Morgan fingerprint density at radius 2 is 2.13 bits per heavy atom. The van der Waals surface area contributed by atoms with Crippen LogP contribution in [0.5, 0.6) is 0 Å². The lowest BCUT2D eigenvalue weighted by Crippen LogP contribution is -2.10. The average molecular weight is 202 g/mol. The van der Waals surface area contributed by atoms with Crippen LogP contribution in [0.15, 0.2) is 36.8 Å². The summed E-state index contributed by atoms with van der Waals surface area (Å²) in [6.07, 6.45) is 6.36. The highest BCUT2D eigenvalue weighted by molar-refractivity contribution is 5.06. The summed E-state index contributed by atoms with van der Waals surface area (Å²) in [5.74, 6) is 1.02. The van der Waals surface area contributed by atoms with Crippen LogP contribution in [0.4, 0.5) is 0 Å². The maximum Gasteiger partial charge on any atom is 0.110 e. The minimum atomic E-state index is 0.624. The molecule has 2 aromatic heterocycles. The summed E-state index contributed by atoms with van der Waals surface area (Å²) in [5, 5.41) is 0. The smallest absolute Gasteiger partial charge is 0.110 e. The fraction of sp³-hybridized carbons (Fsp3) is 0.273. The second-order valence-corrected chi connectivity index (χ2v) is 3.33. The van der Waals surface area contributed by atoms with Gasteiger partial charge in [0, 0.05) is 25.0 Å². The third kappa shape index (κ3) is 2.41. The van der Waals surface area contributed by atoms with E-state index in [4.69, 9.17) is 5.73 Å². The number of imidazole rings is 1. The van der Waals surface area contributed by atoms with Gasteiger partial charge in [-0.15, -0.1) is 0 Å². The summed E-state index contributed by atoms with van der Waals surface area (Å²) >= 11 is 0. The zero-order valence-corrected chi connectivity index (χ0v) is 8.50. The second kappa shape index (κ2) is 4.70. The quantitative estimate of drug-likeness (QED) is 0.798. The van der Waals surface area contributed by atoms with Gasteiger partial charge in [0.15, 0.2) is 0 Å². The Labute approximate surface area is 88.8 Å². The summed E-state index contributed by atoms with van der Waals surface area (Å²) < 4.78 is 2.08. The van der Waals surface area contributed by atoms with Crippen LogP contribution in [-0.2, 0) is 13.0 Å². The molecule has 0 saturated heterocycles. The van der Waals surface area contributed by atoms with E-state index in [2.05, 4.69) is 14.5 Å². The van der Waals surface area contributed by atoms with Gasteiger partial charge in [-0.1, -0.05) is 6.07 Å². The summed E-state index contributed by atoms with van der Waals surface area (Å²) in [6, 6.07) is 5.91. The van der Waals surface area contributed by atoms with Crippen LogP contribution in [0, 0.1) is 0 Å². The van der Waals surface area contributed by atoms with Gasteiger partial charge in [-0.3, -0.25) is 4.98 Å². The van der Waals surface area contributed by atoms with Gasteiger partial charge in [-0.25, -0.2) is 4.98 Å². The highest BCUT2D eigenvalue weighted by Crippen LogP contribution is 2.03. The molecule has 15 heavy (non-hydrogen) atoms. The molecule has 4 nitrogen and oxygen atoms in total. The van der Waals surface area contributed by atoms with E-state index in [9.17, 15) is 0 Å². The van der Waals surface area contributed by atoms with Crippen molar-refractivity contribution in [3.8, 4) is 0 Å². The van der Waals surface area contributed by atoms with Crippen LogP contribution in [-0.4, -0.2) is 21.1 Å². The van der Waals surface area contributed by atoms with Gasteiger partial charge < -0.3 is 10.3 Å². The molecule has 0 unspecified atom stereocenters. The number of hydrogen-bond acceptors (Lipinski definition) is 3. The Hall–Kier alpha value is -1.68. The minimum Gasteiger partial charge on any atom is -0.330 e.